The normalized spacial score (nSPS) is 20.6. The highest BCUT2D eigenvalue weighted by Crippen LogP contribution is 2.29. The van der Waals surface area contributed by atoms with Gasteiger partial charge in [-0.05, 0) is 68.0 Å². The van der Waals surface area contributed by atoms with Crippen LogP contribution in [0, 0.1) is 20.8 Å². The summed E-state index contributed by atoms with van der Waals surface area (Å²) in [5.41, 5.74) is -0.563. The zero-order chi connectivity index (χ0) is 17.9. The molecule has 1 fully saturated rings. The lowest BCUT2D eigenvalue weighted by atomic mass is 10.1. The summed E-state index contributed by atoms with van der Waals surface area (Å²) in [7, 11) is 0. The summed E-state index contributed by atoms with van der Waals surface area (Å²) in [6.45, 7) is 6.22. The van der Waals surface area contributed by atoms with Gasteiger partial charge >= 0.3 is 6.09 Å². The second-order valence-electron chi connectivity index (χ2n) is 6.73. The number of carbonyl (C=O) groups excluding carboxylic acids is 1. The van der Waals surface area contributed by atoms with Crippen molar-refractivity contribution in [3.63, 3.8) is 0 Å². The van der Waals surface area contributed by atoms with Crippen LogP contribution in [0.2, 0.25) is 0 Å². The minimum Gasteiger partial charge on any atom is -0.490 e. The molecule has 0 aliphatic carbocycles. The van der Waals surface area contributed by atoms with Crippen LogP contribution in [0.5, 0.6) is 5.75 Å². The first kappa shape index (κ1) is 19.3. The number of benzene rings is 1. The zero-order valence-corrected chi connectivity index (χ0v) is 17.6. The van der Waals surface area contributed by atoms with E-state index in [9.17, 15) is 10.1 Å². The van der Waals surface area contributed by atoms with Gasteiger partial charge in [-0.15, -0.1) is 0 Å². The summed E-state index contributed by atoms with van der Waals surface area (Å²) < 4.78 is 13.3. The van der Waals surface area contributed by atoms with E-state index in [1.165, 1.54) is 0 Å². The molecule has 2 atom stereocenters. The highest BCUT2D eigenvalue weighted by molar-refractivity contribution is 14.1. The monoisotopic (exact) mass is 506 g/mol. The first-order chi connectivity index (χ1) is 11.2. The lowest BCUT2D eigenvalue weighted by Crippen LogP contribution is -2.42. The number of rotatable bonds is 3. The van der Waals surface area contributed by atoms with Crippen molar-refractivity contribution in [2.45, 2.75) is 38.8 Å². The molecule has 1 amide bonds. The minimum atomic E-state index is -0.563. The van der Waals surface area contributed by atoms with E-state index in [4.69, 9.17) is 9.47 Å². The SMILES string of the molecule is CC(C)(C)OC(=O)N1CC(C#N)C[C@H]1COc1cc(Br)ccc1I. The molecule has 0 radical (unpaired) electrons. The van der Waals surface area contributed by atoms with Crippen LogP contribution >= 0.6 is 38.5 Å². The molecule has 0 bridgehead atoms. The Morgan fingerprint density at radius 2 is 2.21 bits per heavy atom. The van der Waals surface area contributed by atoms with E-state index in [1.807, 2.05) is 39.0 Å². The number of likely N-dealkylation sites (tertiary alicyclic amines) is 1. The first-order valence-electron chi connectivity index (χ1n) is 7.66. The second-order valence-corrected chi connectivity index (χ2v) is 8.81. The molecule has 0 saturated carbocycles. The third kappa shape index (κ3) is 5.24. The fourth-order valence-electron chi connectivity index (χ4n) is 2.49. The van der Waals surface area contributed by atoms with Crippen LogP contribution in [0.25, 0.3) is 0 Å². The Labute approximate surface area is 164 Å². The maximum absolute atomic E-state index is 12.4. The van der Waals surface area contributed by atoms with Gasteiger partial charge in [0.25, 0.3) is 0 Å². The number of ether oxygens (including phenoxy) is 2. The molecule has 1 aromatic rings. The molecule has 0 aromatic heterocycles. The molecule has 1 aliphatic heterocycles. The van der Waals surface area contributed by atoms with Crippen LogP contribution in [-0.4, -0.2) is 35.8 Å². The molecule has 5 nitrogen and oxygen atoms in total. The Bertz CT molecular complexity index is 654. The van der Waals surface area contributed by atoms with Gasteiger partial charge in [-0.1, -0.05) is 15.9 Å². The van der Waals surface area contributed by atoms with Gasteiger partial charge in [-0.3, -0.25) is 0 Å². The van der Waals surface area contributed by atoms with Crippen molar-refractivity contribution in [1.82, 2.24) is 4.90 Å². The fourth-order valence-corrected chi connectivity index (χ4v) is 3.32. The second kappa shape index (κ2) is 7.91. The minimum absolute atomic E-state index is 0.167. The first-order valence-corrected chi connectivity index (χ1v) is 9.54. The predicted molar refractivity (Wildman–Crippen MR) is 103 cm³/mol. The molecule has 1 unspecified atom stereocenters. The Morgan fingerprint density at radius 1 is 1.50 bits per heavy atom. The van der Waals surface area contributed by atoms with E-state index in [0.717, 1.165) is 13.8 Å². The van der Waals surface area contributed by atoms with Crippen molar-refractivity contribution in [2.75, 3.05) is 13.2 Å². The predicted octanol–water partition coefficient (Wildman–Crippen LogP) is 4.58. The number of hydrogen-bond donors (Lipinski definition) is 0. The van der Waals surface area contributed by atoms with Gasteiger partial charge in [0, 0.05) is 11.0 Å². The molecular weight excluding hydrogens is 487 g/mol. The summed E-state index contributed by atoms with van der Waals surface area (Å²) in [6.07, 6.45) is 0.207. The quantitative estimate of drug-likeness (QED) is 0.563. The van der Waals surface area contributed by atoms with E-state index < -0.39 is 11.7 Å². The number of nitriles is 1. The Hall–Kier alpha value is -1.01. The van der Waals surface area contributed by atoms with Gasteiger partial charge in [0.15, 0.2) is 0 Å². The topological polar surface area (TPSA) is 62.6 Å². The molecule has 24 heavy (non-hydrogen) atoms. The molecule has 0 spiro atoms. The number of amides is 1. The molecule has 1 aliphatic rings. The van der Waals surface area contributed by atoms with E-state index >= 15 is 0 Å². The number of halogens is 2. The molecule has 2 rings (SSSR count). The van der Waals surface area contributed by atoms with Gasteiger partial charge < -0.3 is 14.4 Å². The van der Waals surface area contributed by atoms with Crippen molar-refractivity contribution in [3.05, 3.63) is 26.2 Å². The Kier molecular flexibility index (Phi) is 6.37. The van der Waals surface area contributed by atoms with E-state index in [1.54, 1.807) is 4.90 Å². The summed E-state index contributed by atoms with van der Waals surface area (Å²) in [5, 5.41) is 9.20. The third-order valence-electron chi connectivity index (χ3n) is 3.55. The smallest absolute Gasteiger partial charge is 0.410 e. The maximum Gasteiger partial charge on any atom is 0.410 e. The van der Waals surface area contributed by atoms with Gasteiger partial charge in [-0.25, -0.2) is 4.79 Å². The Balaban J connectivity index is 2.07. The van der Waals surface area contributed by atoms with Gasteiger partial charge in [0.05, 0.1) is 21.6 Å². The van der Waals surface area contributed by atoms with Crippen LogP contribution < -0.4 is 4.74 Å². The maximum atomic E-state index is 12.4. The van der Waals surface area contributed by atoms with Crippen molar-refractivity contribution in [3.8, 4) is 11.8 Å². The van der Waals surface area contributed by atoms with E-state index in [-0.39, 0.29) is 12.0 Å². The summed E-state index contributed by atoms with van der Waals surface area (Å²) in [6, 6.07) is 7.88. The number of hydrogen-bond acceptors (Lipinski definition) is 4. The highest BCUT2D eigenvalue weighted by Gasteiger charge is 2.38. The third-order valence-corrected chi connectivity index (χ3v) is 4.93. The van der Waals surface area contributed by atoms with Crippen LogP contribution in [0.3, 0.4) is 0 Å². The largest absolute Gasteiger partial charge is 0.490 e. The molecular formula is C17H20BrIN2O3. The Morgan fingerprint density at radius 3 is 2.83 bits per heavy atom. The van der Waals surface area contributed by atoms with Crippen LogP contribution in [0.1, 0.15) is 27.2 Å². The average molecular weight is 507 g/mol. The molecule has 1 saturated heterocycles. The van der Waals surface area contributed by atoms with Crippen molar-refractivity contribution in [2.24, 2.45) is 5.92 Å². The summed E-state index contributed by atoms with van der Waals surface area (Å²) in [5.74, 6) is 0.572. The van der Waals surface area contributed by atoms with Crippen molar-refractivity contribution >= 4 is 44.6 Å². The molecule has 130 valence electrons. The van der Waals surface area contributed by atoms with E-state index in [2.05, 4.69) is 44.6 Å². The lowest BCUT2D eigenvalue weighted by Gasteiger charge is -2.28. The molecule has 1 aromatic carbocycles. The van der Waals surface area contributed by atoms with Crippen molar-refractivity contribution < 1.29 is 14.3 Å². The summed E-state index contributed by atoms with van der Waals surface area (Å²) >= 11 is 5.64. The lowest BCUT2D eigenvalue weighted by molar-refractivity contribution is 0.0185. The van der Waals surface area contributed by atoms with Gasteiger partial charge in [0.1, 0.15) is 18.0 Å². The van der Waals surface area contributed by atoms with E-state index in [0.29, 0.717) is 19.6 Å². The number of carbonyl (C=O) groups is 1. The summed E-state index contributed by atoms with van der Waals surface area (Å²) in [4.78, 5) is 14.0. The van der Waals surface area contributed by atoms with Crippen LogP contribution in [0.15, 0.2) is 22.7 Å². The standard InChI is InChI=1S/C17H20BrIN2O3/c1-17(2,3)24-16(22)21-9-11(8-20)6-13(21)10-23-15-7-12(18)4-5-14(15)19/h4-5,7,11,13H,6,9-10H2,1-3H3/t11?,13-/m0/s1. The average Bonchev–Trinajstić information content (AvgIpc) is 2.90. The fraction of sp³-hybridized carbons (Fsp3) is 0.529. The van der Waals surface area contributed by atoms with Gasteiger partial charge in [-0.2, -0.15) is 5.26 Å². The van der Waals surface area contributed by atoms with Gasteiger partial charge in [0.2, 0.25) is 0 Å². The molecule has 0 N–H and O–H groups in total. The highest BCUT2D eigenvalue weighted by atomic mass is 127. The van der Waals surface area contributed by atoms with Crippen molar-refractivity contribution in [1.29, 1.82) is 5.26 Å². The molecule has 1 heterocycles. The molecule has 7 heteroatoms. The van der Waals surface area contributed by atoms with Crippen LogP contribution in [0.4, 0.5) is 4.79 Å². The zero-order valence-electron chi connectivity index (χ0n) is 13.9. The number of nitrogens with zero attached hydrogens (tertiary/aromatic N) is 2. The van der Waals surface area contributed by atoms with Crippen LogP contribution in [-0.2, 0) is 4.74 Å².